The van der Waals surface area contributed by atoms with E-state index in [1.54, 1.807) is 0 Å². The molecule has 3 heteroatoms. The van der Waals surface area contributed by atoms with Gasteiger partial charge in [-0.25, -0.2) is 0 Å². The maximum atomic E-state index is 5.93. The van der Waals surface area contributed by atoms with Crippen molar-refractivity contribution in [2.75, 3.05) is 26.9 Å². The molecule has 0 aromatic rings. The van der Waals surface area contributed by atoms with Crippen molar-refractivity contribution in [2.45, 2.75) is 76.9 Å². The third-order valence-corrected chi connectivity index (χ3v) is 4.43. The number of nitrogens with one attached hydrogen (secondary N) is 1. The third kappa shape index (κ3) is 5.41. The second-order valence-corrected chi connectivity index (χ2v) is 5.69. The molecule has 0 aliphatic carbocycles. The molecule has 0 saturated carbocycles. The van der Waals surface area contributed by atoms with Crippen LogP contribution in [0.3, 0.4) is 0 Å². The maximum Gasteiger partial charge on any atom is 0.0874 e. The first-order chi connectivity index (χ1) is 9.29. The van der Waals surface area contributed by atoms with E-state index in [1.165, 1.54) is 38.5 Å². The molecule has 0 aromatic heterocycles. The van der Waals surface area contributed by atoms with Gasteiger partial charge in [0, 0.05) is 39.2 Å². The Morgan fingerprint density at radius 3 is 2.37 bits per heavy atom. The smallest absolute Gasteiger partial charge is 0.0874 e. The van der Waals surface area contributed by atoms with Crippen molar-refractivity contribution in [3.8, 4) is 0 Å². The van der Waals surface area contributed by atoms with E-state index < -0.39 is 0 Å². The van der Waals surface area contributed by atoms with Crippen molar-refractivity contribution in [3.63, 3.8) is 0 Å². The monoisotopic (exact) mass is 271 g/mol. The Bertz CT molecular complexity index is 215. The summed E-state index contributed by atoms with van der Waals surface area (Å²) in [5.41, 5.74) is -0.000976. The number of methoxy groups -OCH3 is 1. The molecule has 1 aliphatic rings. The summed E-state index contributed by atoms with van der Waals surface area (Å²) >= 11 is 0. The molecule has 1 unspecified atom stereocenters. The van der Waals surface area contributed by atoms with Crippen molar-refractivity contribution >= 4 is 0 Å². The summed E-state index contributed by atoms with van der Waals surface area (Å²) in [6, 6.07) is 0.480. The van der Waals surface area contributed by atoms with E-state index in [9.17, 15) is 0 Å². The van der Waals surface area contributed by atoms with Gasteiger partial charge in [0.25, 0.3) is 0 Å². The summed E-state index contributed by atoms with van der Waals surface area (Å²) in [6.07, 6.45) is 10.00. The van der Waals surface area contributed by atoms with Gasteiger partial charge in [-0.15, -0.1) is 0 Å². The van der Waals surface area contributed by atoms with Crippen molar-refractivity contribution in [1.82, 2.24) is 5.32 Å². The average molecular weight is 271 g/mol. The van der Waals surface area contributed by atoms with Gasteiger partial charge >= 0.3 is 0 Å². The largest absolute Gasteiger partial charge is 0.381 e. The van der Waals surface area contributed by atoms with Gasteiger partial charge in [-0.05, 0) is 13.0 Å². The van der Waals surface area contributed by atoms with Crippen molar-refractivity contribution in [1.29, 1.82) is 0 Å². The molecule has 0 bridgehead atoms. The first-order valence-electron chi connectivity index (χ1n) is 8.15. The molecule has 1 N–H and O–H groups in total. The summed E-state index contributed by atoms with van der Waals surface area (Å²) < 4.78 is 11.4. The van der Waals surface area contributed by atoms with Crippen molar-refractivity contribution in [3.05, 3.63) is 0 Å². The molecule has 1 aliphatic heterocycles. The minimum absolute atomic E-state index is 0.000976. The van der Waals surface area contributed by atoms with Crippen LogP contribution >= 0.6 is 0 Å². The number of rotatable bonds is 10. The molecule has 0 spiro atoms. The molecule has 1 atom stereocenters. The van der Waals surface area contributed by atoms with E-state index >= 15 is 0 Å². The SMILES string of the molecule is CCCCCCCC(NCC)C1(OC)CCOCC1. The van der Waals surface area contributed by atoms with Gasteiger partial charge in [0.15, 0.2) is 0 Å². The molecule has 19 heavy (non-hydrogen) atoms. The zero-order valence-electron chi connectivity index (χ0n) is 13.2. The highest BCUT2D eigenvalue weighted by atomic mass is 16.5. The Morgan fingerprint density at radius 1 is 1.11 bits per heavy atom. The molecule has 1 heterocycles. The normalized spacial score (nSPS) is 20.4. The van der Waals surface area contributed by atoms with Crippen LogP contribution in [0.5, 0.6) is 0 Å². The van der Waals surface area contributed by atoms with Crippen LogP contribution in [-0.2, 0) is 9.47 Å². The lowest BCUT2D eigenvalue weighted by Crippen LogP contribution is -2.55. The Hall–Kier alpha value is -0.120. The fraction of sp³-hybridized carbons (Fsp3) is 1.00. The van der Waals surface area contributed by atoms with Crippen LogP contribution in [0.25, 0.3) is 0 Å². The van der Waals surface area contributed by atoms with Crippen LogP contribution in [0, 0.1) is 0 Å². The van der Waals surface area contributed by atoms with Crippen molar-refractivity contribution < 1.29 is 9.47 Å². The summed E-state index contributed by atoms with van der Waals surface area (Å²) in [5, 5.41) is 3.65. The highest BCUT2D eigenvalue weighted by Crippen LogP contribution is 2.31. The van der Waals surface area contributed by atoms with Crippen LogP contribution in [0.2, 0.25) is 0 Å². The zero-order valence-corrected chi connectivity index (χ0v) is 13.2. The number of hydrogen-bond acceptors (Lipinski definition) is 3. The minimum atomic E-state index is -0.000976. The quantitative estimate of drug-likeness (QED) is 0.617. The van der Waals surface area contributed by atoms with Gasteiger partial charge in [-0.3, -0.25) is 0 Å². The molecule has 3 nitrogen and oxygen atoms in total. The Labute approximate surface area is 119 Å². The lowest BCUT2D eigenvalue weighted by molar-refractivity contribution is -0.111. The van der Waals surface area contributed by atoms with Crippen molar-refractivity contribution in [2.24, 2.45) is 0 Å². The standard InChI is InChI=1S/C16H33NO2/c1-4-6-7-8-9-10-15(17-5-2)16(18-3)11-13-19-14-12-16/h15,17H,4-14H2,1-3H3. The maximum absolute atomic E-state index is 5.93. The molecule has 0 amide bonds. The predicted molar refractivity (Wildman–Crippen MR) is 80.6 cm³/mol. The van der Waals surface area contributed by atoms with Gasteiger partial charge in [0.05, 0.1) is 5.60 Å². The summed E-state index contributed by atoms with van der Waals surface area (Å²) in [5.74, 6) is 0. The third-order valence-electron chi connectivity index (χ3n) is 4.43. The van der Waals surface area contributed by atoms with Gasteiger partial charge < -0.3 is 14.8 Å². The van der Waals surface area contributed by atoms with Crippen LogP contribution in [0.4, 0.5) is 0 Å². The predicted octanol–water partition coefficient (Wildman–Crippen LogP) is 3.52. The summed E-state index contributed by atoms with van der Waals surface area (Å²) in [7, 11) is 1.87. The first-order valence-corrected chi connectivity index (χ1v) is 8.15. The van der Waals surface area contributed by atoms with Gasteiger partial charge in [-0.1, -0.05) is 46.0 Å². The van der Waals surface area contributed by atoms with Crippen LogP contribution in [-0.4, -0.2) is 38.5 Å². The fourth-order valence-electron chi connectivity index (χ4n) is 3.16. The second-order valence-electron chi connectivity index (χ2n) is 5.69. The van der Waals surface area contributed by atoms with E-state index in [4.69, 9.17) is 9.47 Å². The van der Waals surface area contributed by atoms with E-state index in [0.717, 1.165) is 32.6 Å². The molecule has 1 rings (SSSR count). The first kappa shape index (κ1) is 16.9. The lowest BCUT2D eigenvalue weighted by atomic mass is 9.83. The average Bonchev–Trinajstić information content (AvgIpc) is 2.46. The topological polar surface area (TPSA) is 30.5 Å². The molecule has 1 saturated heterocycles. The highest BCUT2D eigenvalue weighted by Gasteiger charge is 2.39. The number of hydrogen-bond donors (Lipinski definition) is 1. The van der Waals surface area contributed by atoms with Gasteiger partial charge in [0.2, 0.25) is 0 Å². The Balaban J connectivity index is 2.44. The Morgan fingerprint density at radius 2 is 1.79 bits per heavy atom. The second kappa shape index (κ2) is 9.73. The van der Waals surface area contributed by atoms with Crippen LogP contribution in [0.15, 0.2) is 0 Å². The molecule has 1 fully saturated rings. The van der Waals surface area contributed by atoms with Gasteiger partial charge in [-0.2, -0.15) is 0 Å². The number of ether oxygens (including phenoxy) is 2. The number of unbranched alkanes of at least 4 members (excludes halogenated alkanes) is 4. The lowest BCUT2D eigenvalue weighted by Gasteiger charge is -2.42. The van der Waals surface area contributed by atoms with Crippen LogP contribution in [0.1, 0.15) is 65.2 Å². The zero-order chi connectivity index (χ0) is 14.0. The van der Waals surface area contributed by atoms with E-state index in [0.29, 0.717) is 6.04 Å². The van der Waals surface area contributed by atoms with E-state index in [2.05, 4.69) is 19.2 Å². The number of likely N-dealkylation sites (N-methyl/N-ethyl adjacent to an activating group) is 1. The molecule has 0 aromatic carbocycles. The van der Waals surface area contributed by atoms with E-state index in [1.807, 2.05) is 7.11 Å². The molecule has 0 radical (unpaired) electrons. The summed E-state index contributed by atoms with van der Waals surface area (Å²) in [6.45, 7) is 7.15. The summed E-state index contributed by atoms with van der Waals surface area (Å²) in [4.78, 5) is 0. The molecule has 114 valence electrons. The minimum Gasteiger partial charge on any atom is -0.381 e. The molecular weight excluding hydrogens is 238 g/mol. The van der Waals surface area contributed by atoms with Crippen LogP contribution < -0.4 is 5.32 Å². The van der Waals surface area contributed by atoms with E-state index in [-0.39, 0.29) is 5.60 Å². The Kier molecular flexibility index (Phi) is 8.67. The fourth-order valence-corrected chi connectivity index (χ4v) is 3.16. The van der Waals surface area contributed by atoms with Gasteiger partial charge in [0.1, 0.15) is 0 Å². The highest BCUT2D eigenvalue weighted by molar-refractivity contribution is 4.94. The molecular formula is C16H33NO2.